The van der Waals surface area contributed by atoms with Crippen molar-refractivity contribution >= 4 is 11.8 Å². The maximum Gasteiger partial charge on any atom is 0.223 e. The Morgan fingerprint density at radius 2 is 2.17 bits per heavy atom. The Bertz CT molecular complexity index is 631. The van der Waals surface area contributed by atoms with E-state index in [2.05, 4.69) is 6.07 Å². The summed E-state index contributed by atoms with van der Waals surface area (Å²) in [4.78, 5) is 25.0. The minimum atomic E-state index is -0.664. The Kier molecular flexibility index (Phi) is 5.04. The van der Waals surface area contributed by atoms with Crippen molar-refractivity contribution in [2.45, 2.75) is 38.2 Å². The minimum absolute atomic E-state index is 0.00925. The van der Waals surface area contributed by atoms with E-state index in [0.717, 1.165) is 30.8 Å². The number of primary amides is 1. The Hall–Kier alpha value is -2.08. The fraction of sp³-hybridized carbons (Fsp3) is 0.556. The third-order valence-electron chi connectivity index (χ3n) is 4.82. The molecule has 0 unspecified atom stereocenters. The molecule has 6 heteroatoms. The molecule has 2 aliphatic heterocycles. The first-order valence-electron chi connectivity index (χ1n) is 8.51. The predicted molar refractivity (Wildman–Crippen MR) is 88.5 cm³/mol. The number of aryl methyl sites for hydroxylation is 2. The molecular formula is C18H24N2O4. The number of rotatable bonds is 5. The average molecular weight is 332 g/mol. The normalized spacial score (nSPS) is 22.8. The third kappa shape index (κ3) is 3.87. The SMILES string of the molecule is NC(=O)C[C@@H]1CN(C(=O)CCc2ccc3c(c2)CCCO3)C[C@H]1O. The van der Waals surface area contributed by atoms with E-state index >= 15 is 0 Å². The second-order valence-electron chi connectivity index (χ2n) is 6.69. The summed E-state index contributed by atoms with van der Waals surface area (Å²) in [7, 11) is 0. The summed E-state index contributed by atoms with van der Waals surface area (Å²) in [5, 5.41) is 9.96. The quantitative estimate of drug-likeness (QED) is 0.827. The number of aliphatic hydroxyl groups is 1. The van der Waals surface area contributed by atoms with Crippen molar-refractivity contribution in [3.63, 3.8) is 0 Å². The number of hydrogen-bond acceptors (Lipinski definition) is 4. The first kappa shape index (κ1) is 16.8. The van der Waals surface area contributed by atoms with E-state index in [9.17, 15) is 14.7 Å². The Morgan fingerprint density at radius 3 is 2.96 bits per heavy atom. The topological polar surface area (TPSA) is 92.9 Å². The third-order valence-corrected chi connectivity index (χ3v) is 4.82. The zero-order valence-corrected chi connectivity index (χ0v) is 13.7. The summed E-state index contributed by atoms with van der Waals surface area (Å²) in [5.74, 6) is 0.278. The highest BCUT2D eigenvalue weighted by Crippen LogP contribution is 2.26. The second-order valence-corrected chi connectivity index (χ2v) is 6.69. The van der Waals surface area contributed by atoms with Gasteiger partial charge in [0, 0.05) is 31.8 Å². The van der Waals surface area contributed by atoms with Crippen LogP contribution in [-0.2, 0) is 22.4 Å². The number of fused-ring (bicyclic) bond motifs is 1. The molecule has 24 heavy (non-hydrogen) atoms. The van der Waals surface area contributed by atoms with E-state index in [4.69, 9.17) is 10.5 Å². The largest absolute Gasteiger partial charge is 0.493 e. The lowest BCUT2D eigenvalue weighted by atomic mass is 10.0. The summed E-state index contributed by atoms with van der Waals surface area (Å²) in [6.45, 7) is 1.46. The van der Waals surface area contributed by atoms with Gasteiger partial charge in [-0.05, 0) is 36.5 Å². The molecule has 6 nitrogen and oxygen atoms in total. The molecule has 2 amide bonds. The van der Waals surface area contributed by atoms with Gasteiger partial charge in [0.05, 0.1) is 12.7 Å². The number of aliphatic hydroxyl groups excluding tert-OH is 1. The van der Waals surface area contributed by atoms with Gasteiger partial charge >= 0.3 is 0 Å². The molecular weight excluding hydrogens is 308 g/mol. The highest BCUT2D eigenvalue weighted by atomic mass is 16.5. The molecule has 1 saturated heterocycles. The second kappa shape index (κ2) is 7.21. The molecule has 2 heterocycles. The molecule has 130 valence electrons. The lowest BCUT2D eigenvalue weighted by Crippen LogP contribution is -2.29. The van der Waals surface area contributed by atoms with Crippen molar-refractivity contribution in [3.05, 3.63) is 29.3 Å². The number of nitrogens with two attached hydrogens (primary N) is 1. The van der Waals surface area contributed by atoms with Gasteiger partial charge in [-0.15, -0.1) is 0 Å². The molecule has 0 aliphatic carbocycles. The number of hydrogen-bond donors (Lipinski definition) is 2. The van der Waals surface area contributed by atoms with Crippen LogP contribution in [0.5, 0.6) is 5.75 Å². The molecule has 2 aliphatic rings. The van der Waals surface area contributed by atoms with Crippen LogP contribution in [0.1, 0.15) is 30.4 Å². The van der Waals surface area contributed by atoms with Gasteiger partial charge in [-0.25, -0.2) is 0 Å². The van der Waals surface area contributed by atoms with E-state index in [1.165, 1.54) is 5.56 Å². The number of nitrogens with zero attached hydrogens (tertiary/aromatic N) is 1. The standard InChI is InChI=1S/C18H24N2O4/c19-17(22)9-14-10-20(11-15(14)21)18(23)6-4-12-3-5-16-13(8-12)2-1-7-24-16/h3,5,8,14-15,21H,1-2,4,6-7,9-11H2,(H2,19,22)/t14-,15-/m1/s1. The van der Waals surface area contributed by atoms with Crippen molar-refractivity contribution < 1.29 is 19.4 Å². The zero-order valence-electron chi connectivity index (χ0n) is 13.7. The molecule has 1 fully saturated rings. The summed E-state index contributed by atoms with van der Waals surface area (Å²) in [6, 6.07) is 6.11. The zero-order chi connectivity index (χ0) is 17.1. The molecule has 0 aromatic heterocycles. The maximum absolute atomic E-state index is 12.4. The number of benzene rings is 1. The van der Waals surface area contributed by atoms with Crippen molar-refractivity contribution in [2.24, 2.45) is 11.7 Å². The molecule has 3 rings (SSSR count). The van der Waals surface area contributed by atoms with Crippen LogP contribution in [0.25, 0.3) is 0 Å². The summed E-state index contributed by atoms with van der Waals surface area (Å²) in [6.07, 6.45) is 2.57. The van der Waals surface area contributed by atoms with Crippen molar-refractivity contribution in [1.82, 2.24) is 4.90 Å². The van der Waals surface area contributed by atoms with E-state index < -0.39 is 12.0 Å². The van der Waals surface area contributed by atoms with Gasteiger partial charge in [-0.3, -0.25) is 9.59 Å². The van der Waals surface area contributed by atoms with Crippen LogP contribution in [0.2, 0.25) is 0 Å². The number of likely N-dealkylation sites (tertiary alicyclic amines) is 1. The molecule has 1 aromatic carbocycles. The molecule has 2 atom stereocenters. The van der Waals surface area contributed by atoms with Crippen LogP contribution >= 0.6 is 0 Å². The van der Waals surface area contributed by atoms with Crippen LogP contribution in [0, 0.1) is 5.92 Å². The van der Waals surface area contributed by atoms with E-state index in [1.54, 1.807) is 4.90 Å². The van der Waals surface area contributed by atoms with Gasteiger partial charge < -0.3 is 20.5 Å². The summed E-state index contributed by atoms with van der Waals surface area (Å²) >= 11 is 0. The van der Waals surface area contributed by atoms with Crippen LogP contribution in [-0.4, -0.2) is 47.6 Å². The van der Waals surface area contributed by atoms with Crippen molar-refractivity contribution in [1.29, 1.82) is 0 Å². The van der Waals surface area contributed by atoms with Crippen LogP contribution in [0.3, 0.4) is 0 Å². The highest BCUT2D eigenvalue weighted by Gasteiger charge is 2.34. The minimum Gasteiger partial charge on any atom is -0.493 e. The monoisotopic (exact) mass is 332 g/mol. The van der Waals surface area contributed by atoms with E-state index in [1.807, 2.05) is 12.1 Å². The Labute approximate surface area is 141 Å². The molecule has 0 radical (unpaired) electrons. The lowest BCUT2D eigenvalue weighted by molar-refractivity contribution is -0.130. The molecule has 3 N–H and O–H groups in total. The molecule has 0 saturated carbocycles. The Balaban J connectivity index is 1.53. The fourth-order valence-electron chi connectivity index (χ4n) is 3.50. The van der Waals surface area contributed by atoms with E-state index in [-0.39, 0.29) is 24.8 Å². The average Bonchev–Trinajstić information content (AvgIpc) is 2.92. The number of amides is 2. The smallest absolute Gasteiger partial charge is 0.223 e. The Morgan fingerprint density at radius 1 is 1.33 bits per heavy atom. The van der Waals surface area contributed by atoms with Gasteiger partial charge in [-0.1, -0.05) is 12.1 Å². The van der Waals surface area contributed by atoms with Crippen LogP contribution in [0.4, 0.5) is 0 Å². The van der Waals surface area contributed by atoms with Crippen LogP contribution in [0.15, 0.2) is 18.2 Å². The van der Waals surface area contributed by atoms with Gasteiger partial charge in [-0.2, -0.15) is 0 Å². The van der Waals surface area contributed by atoms with Crippen molar-refractivity contribution in [3.8, 4) is 5.75 Å². The fourth-order valence-corrected chi connectivity index (χ4v) is 3.50. The van der Waals surface area contributed by atoms with Gasteiger partial charge in [0.2, 0.25) is 11.8 Å². The van der Waals surface area contributed by atoms with Gasteiger partial charge in [0.1, 0.15) is 5.75 Å². The number of carbonyl (C=O) groups excluding carboxylic acids is 2. The number of ether oxygens (including phenoxy) is 1. The van der Waals surface area contributed by atoms with Crippen molar-refractivity contribution in [2.75, 3.05) is 19.7 Å². The van der Waals surface area contributed by atoms with Gasteiger partial charge in [0.25, 0.3) is 0 Å². The first-order valence-corrected chi connectivity index (χ1v) is 8.51. The molecule has 1 aromatic rings. The first-order chi connectivity index (χ1) is 11.5. The number of β-amino-alcohol motifs (C(OH)–C–C–N with tert-alkyl or cyclic N) is 1. The van der Waals surface area contributed by atoms with Gasteiger partial charge in [0.15, 0.2) is 0 Å². The maximum atomic E-state index is 12.4. The molecule has 0 spiro atoms. The predicted octanol–water partition coefficient (Wildman–Crippen LogP) is 0.639. The molecule has 0 bridgehead atoms. The van der Waals surface area contributed by atoms with E-state index in [0.29, 0.717) is 19.4 Å². The summed E-state index contributed by atoms with van der Waals surface area (Å²) < 4.78 is 5.60. The number of carbonyl (C=O) groups is 2. The van der Waals surface area contributed by atoms with Crippen LogP contribution < -0.4 is 10.5 Å². The lowest BCUT2D eigenvalue weighted by Gasteiger charge is -2.18. The summed E-state index contributed by atoms with van der Waals surface area (Å²) in [5.41, 5.74) is 7.52. The highest BCUT2D eigenvalue weighted by molar-refractivity contribution is 5.77.